The highest BCUT2D eigenvalue weighted by Gasteiger charge is 2.44. The number of hydrogen-bond acceptors (Lipinski definition) is 4. The van der Waals surface area contributed by atoms with Crippen molar-refractivity contribution in [2.75, 3.05) is 19.0 Å². The molecule has 0 saturated heterocycles. The fourth-order valence-electron chi connectivity index (χ4n) is 3.61. The molecule has 1 N–H and O–H groups in total. The highest BCUT2D eigenvalue weighted by atomic mass is 35.5. The van der Waals surface area contributed by atoms with Gasteiger partial charge < -0.3 is 14.8 Å². The molecule has 1 saturated carbocycles. The van der Waals surface area contributed by atoms with Crippen LogP contribution in [0.25, 0.3) is 0 Å². The number of anilines is 1. The molecule has 0 atom stereocenters. The number of rotatable bonds is 6. The smallest absolute Gasteiger partial charge is 0.317 e. The molecule has 0 unspecified atom stereocenters. The summed E-state index contributed by atoms with van der Waals surface area (Å²) in [5, 5.41) is 3.06. The van der Waals surface area contributed by atoms with Crippen molar-refractivity contribution in [2.45, 2.75) is 31.1 Å². The minimum atomic E-state index is -0.907. The van der Waals surface area contributed by atoms with Gasteiger partial charge >= 0.3 is 5.97 Å². The third-order valence-electron chi connectivity index (χ3n) is 5.00. The minimum Gasteiger partial charge on any atom is -0.495 e. The summed E-state index contributed by atoms with van der Waals surface area (Å²) in [7, 11) is 1.47. The van der Waals surface area contributed by atoms with Crippen LogP contribution < -0.4 is 10.1 Å². The van der Waals surface area contributed by atoms with Crippen LogP contribution in [0.2, 0.25) is 5.02 Å². The molecule has 0 radical (unpaired) electrons. The lowest BCUT2D eigenvalue weighted by Crippen LogP contribution is -2.36. The van der Waals surface area contributed by atoms with Gasteiger partial charge in [0.1, 0.15) is 11.6 Å². The van der Waals surface area contributed by atoms with Gasteiger partial charge in [-0.15, -0.1) is 0 Å². The van der Waals surface area contributed by atoms with Crippen molar-refractivity contribution >= 4 is 29.2 Å². The highest BCUT2D eigenvalue weighted by Crippen LogP contribution is 2.42. The molecule has 1 aliphatic rings. The second-order valence-electron chi connectivity index (χ2n) is 6.77. The number of esters is 1. The van der Waals surface area contributed by atoms with Crippen molar-refractivity contribution in [2.24, 2.45) is 0 Å². The standard InChI is InChI=1S/C21H21ClFNO4/c1-27-18-8-7-15(22)12-17(18)24-19(25)13-28-20(26)21(9-2-3-10-21)14-5-4-6-16(23)11-14/h4-8,11-12H,2-3,9-10,13H2,1H3,(H,24,25). The van der Waals surface area contributed by atoms with Gasteiger partial charge in [-0.2, -0.15) is 0 Å². The van der Waals surface area contributed by atoms with Crippen LogP contribution in [0.4, 0.5) is 10.1 Å². The number of benzene rings is 2. The summed E-state index contributed by atoms with van der Waals surface area (Å²) in [5.74, 6) is -0.983. The van der Waals surface area contributed by atoms with Gasteiger partial charge in [-0.25, -0.2) is 4.39 Å². The molecule has 5 nitrogen and oxygen atoms in total. The maximum Gasteiger partial charge on any atom is 0.317 e. The number of nitrogens with one attached hydrogen (secondary N) is 1. The molecule has 0 spiro atoms. The normalized spacial score (nSPS) is 15.1. The van der Waals surface area contributed by atoms with Gasteiger partial charge in [-0.05, 0) is 48.7 Å². The van der Waals surface area contributed by atoms with Gasteiger partial charge in [0.25, 0.3) is 5.91 Å². The first-order valence-corrected chi connectivity index (χ1v) is 9.39. The van der Waals surface area contributed by atoms with Crippen molar-refractivity contribution in [3.05, 3.63) is 58.9 Å². The van der Waals surface area contributed by atoms with Gasteiger partial charge in [0.2, 0.25) is 0 Å². The van der Waals surface area contributed by atoms with E-state index in [1.807, 2.05) is 0 Å². The maximum atomic E-state index is 13.7. The maximum absolute atomic E-state index is 13.7. The third-order valence-corrected chi connectivity index (χ3v) is 5.23. The third kappa shape index (κ3) is 4.28. The van der Waals surface area contributed by atoms with Gasteiger partial charge in [-0.3, -0.25) is 9.59 Å². The quantitative estimate of drug-likeness (QED) is 0.719. The van der Waals surface area contributed by atoms with Gasteiger partial charge in [0.05, 0.1) is 18.2 Å². The Labute approximate surface area is 167 Å². The molecule has 2 aromatic rings. The summed E-state index contributed by atoms with van der Waals surface area (Å²) in [5.41, 5.74) is 0.0690. The summed E-state index contributed by atoms with van der Waals surface area (Å²) < 4.78 is 24.2. The van der Waals surface area contributed by atoms with E-state index in [4.69, 9.17) is 21.1 Å². The fourth-order valence-corrected chi connectivity index (χ4v) is 3.78. The number of carbonyl (C=O) groups is 2. The molecule has 1 fully saturated rings. The van der Waals surface area contributed by atoms with Crippen molar-refractivity contribution in [1.82, 2.24) is 0 Å². The molecule has 2 aromatic carbocycles. The van der Waals surface area contributed by atoms with E-state index in [1.54, 1.807) is 30.3 Å². The van der Waals surface area contributed by atoms with E-state index in [-0.39, 0.29) is 0 Å². The molecular formula is C21H21ClFNO4. The van der Waals surface area contributed by atoms with E-state index in [1.165, 1.54) is 19.2 Å². The van der Waals surface area contributed by atoms with Crippen molar-refractivity contribution in [1.29, 1.82) is 0 Å². The molecule has 1 aliphatic carbocycles. The van der Waals surface area contributed by atoms with Gasteiger partial charge in [-0.1, -0.05) is 36.6 Å². The Kier molecular flexibility index (Phi) is 6.19. The van der Waals surface area contributed by atoms with Crippen LogP contribution in [-0.2, 0) is 19.7 Å². The van der Waals surface area contributed by atoms with E-state index < -0.39 is 29.7 Å². The van der Waals surface area contributed by atoms with Crippen molar-refractivity contribution in [3.63, 3.8) is 0 Å². The molecule has 0 aliphatic heterocycles. The summed E-state index contributed by atoms with van der Waals surface area (Å²) in [6.45, 7) is -0.453. The first-order chi connectivity index (χ1) is 13.4. The van der Waals surface area contributed by atoms with Crippen LogP contribution in [0.15, 0.2) is 42.5 Å². The average molecular weight is 406 g/mol. The number of hydrogen-bond donors (Lipinski definition) is 1. The zero-order valence-corrected chi connectivity index (χ0v) is 16.2. The zero-order valence-electron chi connectivity index (χ0n) is 15.5. The first-order valence-electron chi connectivity index (χ1n) is 9.01. The monoisotopic (exact) mass is 405 g/mol. The van der Waals surface area contributed by atoms with E-state index in [2.05, 4.69) is 5.32 Å². The number of halogens is 2. The number of carbonyl (C=O) groups excluding carboxylic acids is 2. The van der Waals surface area contributed by atoms with Gasteiger partial charge in [0.15, 0.2) is 6.61 Å². The predicted octanol–water partition coefficient (Wildman–Crippen LogP) is 4.48. The van der Waals surface area contributed by atoms with Crippen LogP contribution in [0, 0.1) is 5.82 Å². The minimum absolute atomic E-state index is 0.386. The van der Waals surface area contributed by atoms with E-state index in [0.29, 0.717) is 34.9 Å². The SMILES string of the molecule is COc1ccc(Cl)cc1NC(=O)COC(=O)C1(c2cccc(F)c2)CCCC1. The first kappa shape index (κ1) is 20.1. The van der Waals surface area contributed by atoms with Gasteiger partial charge in [0, 0.05) is 5.02 Å². The zero-order chi connectivity index (χ0) is 20.1. The Hall–Kier alpha value is -2.60. The Balaban J connectivity index is 1.68. The summed E-state index contributed by atoms with van der Waals surface area (Å²) in [6.07, 6.45) is 2.83. The van der Waals surface area contributed by atoms with Crippen LogP contribution >= 0.6 is 11.6 Å². The van der Waals surface area contributed by atoms with E-state index in [0.717, 1.165) is 12.8 Å². The number of methoxy groups -OCH3 is 1. The van der Waals surface area contributed by atoms with Crippen LogP contribution in [0.1, 0.15) is 31.2 Å². The Bertz CT molecular complexity index is 880. The Morgan fingerprint density at radius 3 is 2.61 bits per heavy atom. The van der Waals surface area contributed by atoms with Crippen LogP contribution in [0.3, 0.4) is 0 Å². The highest BCUT2D eigenvalue weighted by molar-refractivity contribution is 6.31. The van der Waals surface area contributed by atoms with Crippen molar-refractivity contribution < 1.29 is 23.5 Å². The topological polar surface area (TPSA) is 64.6 Å². The molecule has 0 bridgehead atoms. The summed E-state index contributed by atoms with van der Waals surface area (Å²) >= 11 is 5.95. The van der Waals surface area contributed by atoms with Crippen LogP contribution in [-0.4, -0.2) is 25.6 Å². The molecule has 28 heavy (non-hydrogen) atoms. The summed E-state index contributed by atoms with van der Waals surface area (Å²) in [6, 6.07) is 10.8. The second-order valence-corrected chi connectivity index (χ2v) is 7.20. The van der Waals surface area contributed by atoms with Crippen molar-refractivity contribution in [3.8, 4) is 5.75 Å². The number of ether oxygens (including phenoxy) is 2. The fraction of sp³-hybridized carbons (Fsp3) is 0.333. The van der Waals surface area contributed by atoms with Crippen LogP contribution in [0.5, 0.6) is 5.75 Å². The average Bonchev–Trinajstić information content (AvgIpc) is 3.17. The molecule has 0 heterocycles. The lowest BCUT2D eigenvalue weighted by atomic mass is 9.79. The van der Waals surface area contributed by atoms with E-state index >= 15 is 0 Å². The molecule has 3 rings (SSSR count). The molecule has 148 valence electrons. The molecule has 1 amide bonds. The Morgan fingerprint density at radius 1 is 1.18 bits per heavy atom. The van der Waals surface area contributed by atoms with E-state index in [9.17, 15) is 14.0 Å². The number of amides is 1. The lowest BCUT2D eigenvalue weighted by molar-refractivity contribution is -0.153. The lowest BCUT2D eigenvalue weighted by Gasteiger charge is -2.27. The molecular weight excluding hydrogens is 385 g/mol. The Morgan fingerprint density at radius 2 is 1.93 bits per heavy atom. The molecule has 0 aromatic heterocycles. The second kappa shape index (κ2) is 8.61. The predicted molar refractivity (Wildman–Crippen MR) is 104 cm³/mol. The largest absolute Gasteiger partial charge is 0.495 e. The molecule has 7 heteroatoms. The summed E-state index contributed by atoms with van der Waals surface area (Å²) in [4.78, 5) is 25.1.